The summed E-state index contributed by atoms with van der Waals surface area (Å²) >= 11 is 5.80. The van der Waals surface area contributed by atoms with Crippen LogP contribution in [-0.4, -0.2) is 55.5 Å². The van der Waals surface area contributed by atoms with Gasteiger partial charge in [0.2, 0.25) is 5.91 Å². The number of ether oxygens (including phenoxy) is 2. The molecule has 2 heterocycles. The zero-order valence-electron chi connectivity index (χ0n) is 17.8. The number of amides is 2. The zero-order chi connectivity index (χ0) is 23.4. The normalized spacial score (nSPS) is 20.3. The van der Waals surface area contributed by atoms with Gasteiger partial charge in [0, 0.05) is 23.7 Å². The van der Waals surface area contributed by atoms with E-state index in [0.29, 0.717) is 22.8 Å². The predicted octanol–water partition coefficient (Wildman–Crippen LogP) is 2.78. The lowest BCUT2D eigenvalue weighted by molar-refractivity contribution is -0.121. The van der Waals surface area contributed by atoms with Crippen LogP contribution < -0.4 is 10.2 Å². The number of hydrogen-bond donors (Lipinski definition) is 1. The molecule has 2 amide bonds. The van der Waals surface area contributed by atoms with Gasteiger partial charge in [-0.2, -0.15) is 0 Å². The largest absolute Gasteiger partial charge is 0.454 e. The topological polar surface area (TPSA) is 102 Å². The van der Waals surface area contributed by atoms with Gasteiger partial charge in [0.25, 0.3) is 5.91 Å². The molecule has 1 N–H and O–H groups in total. The number of carbonyl (C=O) groups excluding carboxylic acids is 4. The van der Waals surface area contributed by atoms with Crippen LogP contribution in [0.25, 0.3) is 0 Å². The number of halogens is 1. The van der Waals surface area contributed by atoms with Crippen molar-refractivity contribution in [1.82, 2.24) is 5.32 Å². The number of nitrogens with one attached hydrogen (secondary N) is 1. The second kappa shape index (κ2) is 10.2. The predicted molar refractivity (Wildman–Crippen MR) is 120 cm³/mol. The first-order valence-electron chi connectivity index (χ1n) is 10.7. The van der Waals surface area contributed by atoms with E-state index in [1.807, 2.05) is 0 Å². The Hall–Kier alpha value is -3.07. The number of Topliss-reactive ketones (excluding diaryl/α,β-unsaturated/α-hetero) is 1. The van der Waals surface area contributed by atoms with Gasteiger partial charge < -0.3 is 14.8 Å². The van der Waals surface area contributed by atoms with Crippen molar-refractivity contribution >= 4 is 40.9 Å². The highest BCUT2D eigenvalue weighted by molar-refractivity contribution is 6.30. The van der Waals surface area contributed by atoms with E-state index >= 15 is 0 Å². The maximum atomic E-state index is 12.7. The number of nitrogens with zero attached hydrogens (tertiary/aromatic N) is 1. The quantitative estimate of drug-likeness (QED) is 0.359. The van der Waals surface area contributed by atoms with Crippen molar-refractivity contribution in [3.8, 4) is 0 Å². The monoisotopic (exact) mass is 470 g/mol. The van der Waals surface area contributed by atoms with E-state index < -0.39 is 18.6 Å². The molecule has 2 aliphatic heterocycles. The Kier molecular flexibility index (Phi) is 7.17. The fourth-order valence-electron chi connectivity index (χ4n) is 3.82. The number of rotatable bonds is 8. The molecule has 2 fully saturated rings. The van der Waals surface area contributed by atoms with Gasteiger partial charge in [-0.3, -0.25) is 14.4 Å². The van der Waals surface area contributed by atoms with E-state index in [-0.39, 0.29) is 35.7 Å². The molecule has 2 aromatic rings. The summed E-state index contributed by atoms with van der Waals surface area (Å²) < 4.78 is 10.6. The summed E-state index contributed by atoms with van der Waals surface area (Å²) in [7, 11) is 0. The third-order valence-corrected chi connectivity index (χ3v) is 5.88. The lowest BCUT2D eigenvalue weighted by atomic mass is 10.1. The maximum Gasteiger partial charge on any atom is 0.338 e. The van der Waals surface area contributed by atoms with Crippen LogP contribution in [0.2, 0.25) is 5.02 Å². The molecule has 0 radical (unpaired) electrons. The van der Waals surface area contributed by atoms with Crippen molar-refractivity contribution in [2.75, 3.05) is 24.7 Å². The number of hydrogen-bond acceptors (Lipinski definition) is 7. The van der Waals surface area contributed by atoms with Crippen molar-refractivity contribution in [1.29, 1.82) is 0 Å². The van der Waals surface area contributed by atoms with Crippen LogP contribution >= 0.6 is 11.6 Å². The Morgan fingerprint density at radius 1 is 1.06 bits per heavy atom. The number of ketones is 1. The number of carbonyl (C=O) groups is 4. The Labute approximate surface area is 195 Å². The highest BCUT2D eigenvalue weighted by Crippen LogP contribution is 2.24. The van der Waals surface area contributed by atoms with Crippen LogP contribution in [0.15, 0.2) is 48.5 Å². The third kappa shape index (κ3) is 5.47. The molecule has 8 nitrogen and oxygen atoms in total. The molecule has 2 aromatic carbocycles. The van der Waals surface area contributed by atoms with Gasteiger partial charge in [-0.25, -0.2) is 9.69 Å². The highest BCUT2D eigenvalue weighted by Gasteiger charge is 2.39. The van der Waals surface area contributed by atoms with E-state index in [2.05, 4.69) is 5.32 Å². The van der Waals surface area contributed by atoms with Crippen molar-refractivity contribution in [3.63, 3.8) is 0 Å². The molecule has 0 saturated carbocycles. The molecule has 172 valence electrons. The summed E-state index contributed by atoms with van der Waals surface area (Å²) in [6, 6.07) is 11.6. The minimum absolute atomic E-state index is 0.0684. The molecule has 33 heavy (non-hydrogen) atoms. The van der Waals surface area contributed by atoms with Crippen molar-refractivity contribution in [3.05, 3.63) is 64.7 Å². The SMILES string of the molecule is O=C(COC(=O)c1ccc(N2C(=O)CC(NCC3CCCO3)C2=O)cc1)c1ccc(Cl)cc1. The van der Waals surface area contributed by atoms with Crippen LogP contribution in [0.4, 0.5) is 5.69 Å². The number of anilines is 1. The van der Waals surface area contributed by atoms with Gasteiger partial charge >= 0.3 is 5.97 Å². The maximum absolute atomic E-state index is 12.7. The summed E-state index contributed by atoms with van der Waals surface area (Å²) in [4.78, 5) is 50.7. The first-order chi connectivity index (χ1) is 15.9. The molecular formula is C24H23ClN2O6. The van der Waals surface area contributed by atoms with Gasteiger partial charge in [0.1, 0.15) is 0 Å². The second-order valence-corrected chi connectivity index (χ2v) is 8.36. The lowest BCUT2D eigenvalue weighted by Crippen LogP contribution is -2.41. The van der Waals surface area contributed by atoms with Crippen molar-refractivity contribution in [2.24, 2.45) is 0 Å². The molecule has 0 aromatic heterocycles. The van der Waals surface area contributed by atoms with Gasteiger partial charge in [0.05, 0.1) is 29.8 Å². The van der Waals surface area contributed by atoms with Gasteiger partial charge in [-0.15, -0.1) is 0 Å². The van der Waals surface area contributed by atoms with Crippen molar-refractivity contribution in [2.45, 2.75) is 31.4 Å². The number of esters is 1. The van der Waals surface area contributed by atoms with Crippen LogP contribution in [0.1, 0.15) is 40.0 Å². The average molecular weight is 471 g/mol. The lowest BCUT2D eigenvalue weighted by Gasteiger charge is -2.17. The number of imide groups is 1. The van der Waals surface area contributed by atoms with E-state index in [1.54, 1.807) is 24.3 Å². The van der Waals surface area contributed by atoms with E-state index in [1.165, 1.54) is 24.3 Å². The molecule has 2 saturated heterocycles. The minimum Gasteiger partial charge on any atom is -0.454 e. The summed E-state index contributed by atoms with van der Waals surface area (Å²) in [6.45, 7) is 0.834. The van der Waals surface area contributed by atoms with Crippen molar-refractivity contribution < 1.29 is 28.7 Å². The molecular weight excluding hydrogens is 448 g/mol. The van der Waals surface area contributed by atoms with Crippen LogP contribution in [0.3, 0.4) is 0 Å². The fourth-order valence-corrected chi connectivity index (χ4v) is 3.95. The van der Waals surface area contributed by atoms with E-state index in [4.69, 9.17) is 21.1 Å². The first-order valence-corrected chi connectivity index (χ1v) is 11.1. The van der Waals surface area contributed by atoms with E-state index in [0.717, 1.165) is 24.3 Å². The molecule has 0 aliphatic carbocycles. The average Bonchev–Trinajstić information content (AvgIpc) is 3.44. The summed E-state index contributed by atoms with van der Waals surface area (Å²) in [5.74, 6) is -1.68. The molecule has 2 atom stereocenters. The van der Waals surface area contributed by atoms with Crippen LogP contribution in [-0.2, 0) is 19.1 Å². The first kappa shape index (κ1) is 23.1. The molecule has 0 bridgehead atoms. The Bertz CT molecular complexity index is 1050. The standard InChI is InChI=1S/C24H23ClN2O6/c25-17-7-3-15(4-8-17)21(28)14-33-24(31)16-5-9-18(10-6-16)27-22(29)12-20(23(27)30)26-13-19-2-1-11-32-19/h3-10,19-20,26H,1-2,11-14H2. The van der Waals surface area contributed by atoms with Crippen LogP contribution in [0, 0.1) is 0 Å². The summed E-state index contributed by atoms with van der Waals surface area (Å²) in [5, 5.41) is 3.63. The third-order valence-electron chi connectivity index (χ3n) is 5.62. The Morgan fingerprint density at radius 2 is 1.76 bits per heavy atom. The van der Waals surface area contributed by atoms with Gasteiger partial charge in [-0.1, -0.05) is 11.6 Å². The van der Waals surface area contributed by atoms with Gasteiger partial charge in [-0.05, 0) is 61.4 Å². The highest BCUT2D eigenvalue weighted by atomic mass is 35.5. The Balaban J connectivity index is 1.32. The second-order valence-electron chi connectivity index (χ2n) is 7.92. The number of benzene rings is 2. The summed E-state index contributed by atoms with van der Waals surface area (Å²) in [6.07, 6.45) is 2.08. The smallest absolute Gasteiger partial charge is 0.338 e. The molecule has 2 unspecified atom stereocenters. The Morgan fingerprint density at radius 3 is 2.42 bits per heavy atom. The van der Waals surface area contributed by atoms with E-state index in [9.17, 15) is 19.2 Å². The summed E-state index contributed by atoms with van der Waals surface area (Å²) in [5.41, 5.74) is 0.964. The van der Waals surface area contributed by atoms with Crippen LogP contribution in [0.5, 0.6) is 0 Å². The molecule has 0 spiro atoms. The molecule has 2 aliphatic rings. The zero-order valence-corrected chi connectivity index (χ0v) is 18.5. The minimum atomic E-state index is -0.681. The van der Waals surface area contributed by atoms with Gasteiger partial charge in [0.15, 0.2) is 12.4 Å². The molecule has 4 rings (SSSR count). The fraction of sp³-hybridized carbons (Fsp3) is 0.333. The molecule has 9 heteroatoms.